The Morgan fingerprint density at radius 3 is 2.41 bits per heavy atom. The predicted molar refractivity (Wildman–Crippen MR) is 133 cm³/mol. The van der Waals surface area contributed by atoms with Gasteiger partial charge in [0.15, 0.2) is 0 Å². The van der Waals surface area contributed by atoms with Crippen LogP contribution < -0.4 is 14.9 Å². The number of nitrogens with one attached hydrogen (secondary N) is 2. The van der Waals surface area contributed by atoms with Gasteiger partial charge in [0.05, 0.1) is 4.90 Å². The summed E-state index contributed by atoms with van der Waals surface area (Å²) in [5.74, 6) is 0.999. The van der Waals surface area contributed by atoms with Crippen LogP contribution in [0.4, 0.5) is 5.69 Å². The van der Waals surface area contributed by atoms with Crippen molar-refractivity contribution in [2.75, 3.05) is 11.4 Å². The zero-order chi connectivity index (χ0) is 24.5. The molecule has 3 atom stereocenters. The Labute approximate surface area is 204 Å². The lowest BCUT2D eigenvalue weighted by Gasteiger charge is -2.33. The lowest BCUT2D eigenvalue weighted by molar-refractivity contribution is -0.127. The van der Waals surface area contributed by atoms with E-state index in [0.717, 1.165) is 43.4 Å². The highest BCUT2D eigenvalue weighted by atomic mass is 32.2. The molecule has 34 heavy (non-hydrogen) atoms. The van der Waals surface area contributed by atoms with Gasteiger partial charge in [-0.05, 0) is 87.5 Å². The maximum absolute atomic E-state index is 12.9. The molecular formula is C26H39N3O4S. The normalized spacial score (nSPS) is 29.5. The van der Waals surface area contributed by atoms with Gasteiger partial charge in [-0.3, -0.25) is 9.59 Å². The van der Waals surface area contributed by atoms with Crippen LogP contribution in [0.1, 0.15) is 77.7 Å². The highest BCUT2D eigenvalue weighted by molar-refractivity contribution is 7.89. The van der Waals surface area contributed by atoms with E-state index in [-0.39, 0.29) is 34.6 Å². The van der Waals surface area contributed by atoms with E-state index in [1.807, 2.05) is 6.92 Å². The number of sulfonamides is 1. The lowest BCUT2D eigenvalue weighted by atomic mass is 9.80. The largest absolute Gasteiger partial charge is 0.353 e. The van der Waals surface area contributed by atoms with Crippen molar-refractivity contribution in [1.29, 1.82) is 0 Å². The van der Waals surface area contributed by atoms with Crippen LogP contribution in [-0.2, 0) is 26.0 Å². The molecule has 2 saturated carbocycles. The van der Waals surface area contributed by atoms with Crippen LogP contribution in [0.15, 0.2) is 23.1 Å². The molecule has 1 aliphatic heterocycles. The Morgan fingerprint density at radius 1 is 1.03 bits per heavy atom. The molecule has 0 saturated heterocycles. The SMILES string of the molecule is CC(=O)N1c2ccc(S(=O)(=O)NCC3CCC(C(=O)N[C@@H]4CCCC[C@@H]4C)CC3)cc2C[C@@H]1C. The van der Waals surface area contributed by atoms with Crippen molar-refractivity contribution in [3.05, 3.63) is 23.8 Å². The molecule has 2 aliphatic carbocycles. The minimum absolute atomic E-state index is 0.0301. The highest BCUT2D eigenvalue weighted by Gasteiger charge is 2.32. The third kappa shape index (κ3) is 5.48. The molecule has 0 radical (unpaired) electrons. The molecule has 1 aromatic rings. The number of nitrogens with zero attached hydrogens (tertiary/aromatic N) is 1. The molecule has 0 unspecified atom stereocenters. The number of carbonyl (C=O) groups is 2. The number of amides is 2. The molecule has 2 amide bonds. The number of anilines is 1. The van der Waals surface area contributed by atoms with Gasteiger partial charge in [0.1, 0.15) is 0 Å². The molecule has 188 valence electrons. The summed E-state index contributed by atoms with van der Waals surface area (Å²) in [6.07, 6.45) is 8.73. The molecular weight excluding hydrogens is 450 g/mol. The molecule has 0 aromatic heterocycles. The smallest absolute Gasteiger partial charge is 0.240 e. The van der Waals surface area contributed by atoms with Crippen LogP contribution in [0, 0.1) is 17.8 Å². The van der Waals surface area contributed by atoms with E-state index in [1.165, 1.54) is 26.2 Å². The van der Waals surface area contributed by atoms with Crippen LogP contribution in [0.5, 0.6) is 0 Å². The zero-order valence-corrected chi connectivity index (χ0v) is 21.5. The molecule has 1 aromatic carbocycles. The lowest BCUT2D eigenvalue weighted by Crippen LogP contribution is -2.44. The molecule has 1 heterocycles. The molecule has 3 aliphatic rings. The van der Waals surface area contributed by atoms with E-state index in [0.29, 0.717) is 24.9 Å². The van der Waals surface area contributed by atoms with Crippen LogP contribution in [0.25, 0.3) is 0 Å². The van der Waals surface area contributed by atoms with Crippen LogP contribution in [-0.4, -0.2) is 38.9 Å². The van der Waals surface area contributed by atoms with Gasteiger partial charge in [-0.25, -0.2) is 13.1 Å². The Bertz CT molecular complexity index is 1020. The second-order valence-corrected chi connectivity index (χ2v) is 12.4. The average molecular weight is 490 g/mol. The molecule has 4 rings (SSSR count). The van der Waals surface area contributed by atoms with Crippen LogP contribution >= 0.6 is 0 Å². The fourth-order valence-corrected chi connectivity index (χ4v) is 7.19. The molecule has 2 fully saturated rings. The van der Waals surface area contributed by atoms with Gasteiger partial charge in [-0.15, -0.1) is 0 Å². The molecule has 7 nitrogen and oxygen atoms in total. The monoisotopic (exact) mass is 489 g/mol. The fourth-order valence-electron chi connectivity index (χ4n) is 6.03. The van der Waals surface area contributed by atoms with Gasteiger partial charge in [0.25, 0.3) is 0 Å². The van der Waals surface area contributed by atoms with Crippen molar-refractivity contribution < 1.29 is 18.0 Å². The summed E-state index contributed by atoms with van der Waals surface area (Å²) in [4.78, 5) is 26.7. The first-order valence-electron chi connectivity index (χ1n) is 12.9. The van der Waals surface area contributed by atoms with Crippen molar-refractivity contribution in [1.82, 2.24) is 10.0 Å². The highest BCUT2D eigenvalue weighted by Crippen LogP contribution is 2.34. The van der Waals surface area contributed by atoms with Crippen molar-refractivity contribution >= 4 is 27.5 Å². The molecule has 8 heteroatoms. The summed E-state index contributed by atoms with van der Waals surface area (Å²) in [7, 11) is -3.62. The first-order chi connectivity index (χ1) is 16.2. The van der Waals surface area contributed by atoms with Crippen LogP contribution in [0.3, 0.4) is 0 Å². The van der Waals surface area contributed by atoms with E-state index in [1.54, 1.807) is 23.1 Å². The minimum Gasteiger partial charge on any atom is -0.353 e. The number of benzene rings is 1. The van der Waals surface area contributed by atoms with Gasteiger partial charge in [-0.2, -0.15) is 0 Å². The van der Waals surface area contributed by atoms with Crippen molar-refractivity contribution in [2.24, 2.45) is 17.8 Å². The second-order valence-electron chi connectivity index (χ2n) is 10.7. The van der Waals surface area contributed by atoms with E-state index in [2.05, 4.69) is 17.0 Å². The van der Waals surface area contributed by atoms with Gasteiger partial charge < -0.3 is 10.2 Å². The van der Waals surface area contributed by atoms with E-state index >= 15 is 0 Å². The Hall–Kier alpha value is -1.93. The topological polar surface area (TPSA) is 95.6 Å². The van der Waals surface area contributed by atoms with Gasteiger partial charge in [0.2, 0.25) is 21.8 Å². The Balaban J connectivity index is 1.28. The third-order valence-electron chi connectivity index (χ3n) is 8.13. The molecule has 0 bridgehead atoms. The predicted octanol–water partition coefficient (Wildman–Crippen LogP) is 3.76. The van der Waals surface area contributed by atoms with Gasteiger partial charge >= 0.3 is 0 Å². The van der Waals surface area contributed by atoms with E-state index < -0.39 is 10.0 Å². The first-order valence-corrected chi connectivity index (χ1v) is 14.4. The van der Waals surface area contributed by atoms with Gasteiger partial charge in [0, 0.05) is 37.2 Å². The van der Waals surface area contributed by atoms with Crippen LogP contribution in [0.2, 0.25) is 0 Å². The summed E-state index contributed by atoms with van der Waals surface area (Å²) in [5.41, 5.74) is 1.70. The number of hydrogen-bond donors (Lipinski definition) is 2. The Morgan fingerprint density at radius 2 is 1.74 bits per heavy atom. The van der Waals surface area contributed by atoms with E-state index in [9.17, 15) is 18.0 Å². The van der Waals surface area contributed by atoms with E-state index in [4.69, 9.17) is 0 Å². The van der Waals surface area contributed by atoms with Crippen molar-refractivity contribution in [2.45, 2.75) is 95.5 Å². The fraction of sp³-hybridized carbons (Fsp3) is 0.692. The number of fused-ring (bicyclic) bond motifs is 1. The maximum Gasteiger partial charge on any atom is 0.240 e. The summed E-state index contributed by atoms with van der Waals surface area (Å²) in [6.45, 7) is 6.13. The number of hydrogen-bond acceptors (Lipinski definition) is 4. The summed E-state index contributed by atoms with van der Waals surface area (Å²) >= 11 is 0. The Kier molecular flexibility index (Phi) is 7.67. The average Bonchev–Trinajstić information content (AvgIpc) is 3.14. The summed E-state index contributed by atoms with van der Waals surface area (Å²) < 4.78 is 28.7. The standard InChI is InChI=1S/C26H39N3O4S/c1-17-6-4-5-7-24(17)28-26(31)21-10-8-20(9-11-21)16-27-34(32,33)23-12-13-25-22(15-23)14-18(2)29(25)19(3)30/h12-13,15,17-18,20-21,24,27H,4-11,14,16H2,1-3H3,(H,28,31)/t17-,18-,20?,21?,24+/m0/s1. The molecule has 2 N–H and O–H groups in total. The quantitative estimate of drug-likeness (QED) is 0.636. The number of carbonyl (C=O) groups excluding carboxylic acids is 2. The van der Waals surface area contributed by atoms with Crippen molar-refractivity contribution in [3.8, 4) is 0 Å². The first kappa shape index (κ1) is 25.2. The number of rotatable bonds is 6. The summed E-state index contributed by atoms with van der Waals surface area (Å²) in [5, 5.41) is 3.29. The van der Waals surface area contributed by atoms with Crippen molar-refractivity contribution in [3.63, 3.8) is 0 Å². The summed E-state index contributed by atoms with van der Waals surface area (Å²) in [6, 6.07) is 5.37. The second kappa shape index (κ2) is 10.4. The third-order valence-corrected chi connectivity index (χ3v) is 9.56. The maximum atomic E-state index is 12.9. The molecule has 0 spiro atoms. The van der Waals surface area contributed by atoms with Gasteiger partial charge in [-0.1, -0.05) is 19.8 Å². The zero-order valence-electron chi connectivity index (χ0n) is 20.7. The minimum atomic E-state index is -3.62.